The summed E-state index contributed by atoms with van der Waals surface area (Å²) in [6.07, 6.45) is 3.38. The molecule has 5 N–H and O–H groups in total. The first-order valence-electron chi connectivity index (χ1n) is 14.9. The average Bonchev–Trinajstić information content (AvgIpc) is 3.68. The third-order valence-corrected chi connectivity index (χ3v) is 8.45. The molecule has 3 aromatic carbocycles. The molecule has 1 aromatic heterocycles. The number of aromatic nitrogens is 1. The number of aromatic hydroxyl groups is 1. The van der Waals surface area contributed by atoms with Crippen LogP contribution in [0.3, 0.4) is 0 Å². The molecule has 3 heterocycles. The number of phenols is 1. The van der Waals surface area contributed by atoms with E-state index in [4.69, 9.17) is 0 Å². The topological polar surface area (TPSA) is 144 Å². The largest absolute Gasteiger partial charge is 0.508 e. The van der Waals surface area contributed by atoms with Crippen LogP contribution in [0.2, 0.25) is 0 Å². The van der Waals surface area contributed by atoms with Crippen LogP contribution in [0.1, 0.15) is 29.5 Å². The quantitative estimate of drug-likeness (QED) is 0.233. The molecule has 0 aliphatic carbocycles. The van der Waals surface area contributed by atoms with E-state index < -0.39 is 41.9 Å². The SMILES string of the molecule is O=C1N[C@H](Cc2c[nH]c3ccccc23)C(=O)N[C@@H](Cc2ccccc2)C(=O)N2CCC[C@@H]2C(=O)N[C@H]1Cc1cccc(O)c1. The Morgan fingerprint density at radius 3 is 2.16 bits per heavy atom. The highest BCUT2D eigenvalue weighted by molar-refractivity contribution is 5.98. The molecule has 2 fully saturated rings. The summed E-state index contributed by atoms with van der Waals surface area (Å²) in [5.41, 5.74) is 3.22. The molecule has 0 saturated carbocycles. The molecule has 2 saturated heterocycles. The van der Waals surface area contributed by atoms with Gasteiger partial charge in [-0.1, -0.05) is 60.7 Å². The van der Waals surface area contributed by atoms with Crippen molar-refractivity contribution in [2.75, 3.05) is 6.54 Å². The average molecular weight is 594 g/mol. The number of benzene rings is 3. The minimum atomic E-state index is -1.04. The zero-order valence-corrected chi connectivity index (χ0v) is 24.2. The van der Waals surface area contributed by atoms with Crippen LogP contribution < -0.4 is 16.0 Å². The highest BCUT2D eigenvalue weighted by Gasteiger charge is 2.40. The van der Waals surface area contributed by atoms with Crippen LogP contribution in [0.5, 0.6) is 5.75 Å². The number of carbonyl (C=O) groups excluding carboxylic acids is 4. The van der Waals surface area contributed by atoms with Gasteiger partial charge in [0, 0.05) is 42.9 Å². The first-order valence-corrected chi connectivity index (χ1v) is 14.9. The monoisotopic (exact) mass is 593 g/mol. The molecule has 0 radical (unpaired) electrons. The van der Waals surface area contributed by atoms with Gasteiger partial charge in [0.05, 0.1) is 0 Å². The van der Waals surface area contributed by atoms with E-state index in [9.17, 15) is 24.3 Å². The van der Waals surface area contributed by atoms with Gasteiger partial charge in [0.1, 0.15) is 29.9 Å². The Labute approximate surface area is 254 Å². The van der Waals surface area contributed by atoms with Gasteiger partial charge in [-0.3, -0.25) is 19.2 Å². The van der Waals surface area contributed by atoms with Crippen LogP contribution in [0.25, 0.3) is 10.9 Å². The fourth-order valence-electron chi connectivity index (χ4n) is 6.22. The molecule has 226 valence electrons. The zero-order chi connectivity index (χ0) is 30.6. The predicted octanol–water partition coefficient (Wildman–Crippen LogP) is 2.36. The van der Waals surface area contributed by atoms with Crippen LogP contribution in [0, 0.1) is 0 Å². The number of nitrogens with zero attached hydrogens (tertiary/aromatic N) is 1. The van der Waals surface area contributed by atoms with Crippen LogP contribution in [-0.2, 0) is 38.4 Å². The smallest absolute Gasteiger partial charge is 0.246 e. The Bertz CT molecular complexity index is 1690. The number of fused-ring (bicyclic) bond motifs is 2. The van der Waals surface area contributed by atoms with E-state index in [1.165, 1.54) is 17.0 Å². The second-order valence-corrected chi connectivity index (χ2v) is 11.5. The second-order valence-electron chi connectivity index (χ2n) is 11.5. The molecule has 0 bridgehead atoms. The van der Waals surface area contributed by atoms with Crippen molar-refractivity contribution in [2.24, 2.45) is 0 Å². The Hall–Kier alpha value is -5.12. The molecule has 4 atom stereocenters. The lowest BCUT2D eigenvalue weighted by Crippen LogP contribution is -2.62. The number of H-pyrrole nitrogens is 1. The zero-order valence-electron chi connectivity index (χ0n) is 24.2. The minimum absolute atomic E-state index is 0.0380. The van der Waals surface area contributed by atoms with Gasteiger partial charge in [-0.05, 0) is 47.7 Å². The fraction of sp³-hybridized carbons (Fsp3) is 0.294. The van der Waals surface area contributed by atoms with Crippen molar-refractivity contribution in [1.82, 2.24) is 25.8 Å². The van der Waals surface area contributed by atoms with Gasteiger partial charge >= 0.3 is 0 Å². The number of phenolic OH excluding ortho intramolecular Hbond substituents is 1. The summed E-state index contributed by atoms with van der Waals surface area (Å²) in [6, 6.07) is 19.8. The molecule has 0 spiro atoms. The molecule has 10 heteroatoms. The molecular formula is C34H35N5O5. The van der Waals surface area contributed by atoms with E-state index in [1.807, 2.05) is 60.8 Å². The molecule has 44 heavy (non-hydrogen) atoms. The van der Waals surface area contributed by atoms with Gasteiger partial charge in [-0.25, -0.2) is 0 Å². The second kappa shape index (κ2) is 12.6. The maximum Gasteiger partial charge on any atom is 0.246 e. The van der Waals surface area contributed by atoms with Crippen molar-refractivity contribution in [3.63, 3.8) is 0 Å². The summed E-state index contributed by atoms with van der Waals surface area (Å²) in [5, 5.41) is 19.6. The first kappa shape index (κ1) is 29.0. The van der Waals surface area contributed by atoms with Crippen molar-refractivity contribution in [1.29, 1.82) is 0 Å². The summed E-state index contributed by atoms with van der Waals surface area (Å²) in [7, 11) is 0. The Morgan fingerprint density at radius 1 is 0.705 bits per heavy atom. The standard InChI is InChI=1S/C34H35N5O5/c40-24-11-6-10-22(16-24)18-27-31(41)36-28(19-23-20-35-26-13-5-4-12-25(23)26)32(42)38-29(17-21-8-2-1-3-9-21)34(44)39-15-7-14-30(39)33(43)37-27/h1-6,8-13,16,20,27-30,35,40H,7,14-15,17-19H2,(H,36,41)(H,37,43)(H,38,42)/t27-,28+,29-,30+/m0/s1. The number of carbonyl (C=O) groups is 4. The summed E-state index contributed by atoms with van der Waals surface area (Å²) >= 11 is 0. The number of para-hydroxylation sites is 1. The van der Waals surface area contributed by atoms with Crippen LogP contribution in [0.15, 0.2) is 85.1 Å². The normalized spacial score (nSPS) is 22.9. The molecule has 4 aromatic rings. The van der Waals surface area contributed by atoms with Gasteiger partial charge in [0.15, 0.2) is 0 Å². The van der Waals surface area contributed by atoms with E-state index in [2.05, 4.69) is 20.9 Å². The number of amides is 4. The fourth-order valence-corrected chi connectivity index (χ4v) is 6.22. The number of aromatic amines is 1. The maximum absolute atomic E-state index is 14.0. The van der Waals surface area contributed by atoms with Crippen molar-refractivity contribution < 1.29 is 24.3 Å². The van der Waals surface area contributed by atoms with E-state index >= 15 is 0 Å². The first-order chi connectivity index (χ1) is 21.4. The van der Waals surface area contributed by atoms with Gasteiger partial charge < -0.3 is 30.9 Å². The summed E-state index contributed by atoms with van der Waals surface area (Å²) in [5.74, 6) is -1.73. The third-order valence-electron chi connectivity index (χ3n) is 8.45. The van der Waals surface area contributed by atoms with Crippen molar-refractivity contribution in [3.8, 4) is 5.75 Å². The van der Waals surface area contributed by atoms with Crippen molar-refractivity contribution in [3.05, 3.63) is 102 Å². The third kappa shape index (κ3) is 6.29. The van der Waals surface area contributed by atoms with Crippen molar-refractivity contribution >= 4 is 34.5 Å². The van der Waals surface area contributed by atoms with Crippen molar-refractivity contribution in [2.45, 2.75) is 56.3 Å². The van der Waals surface area contributed by atoms with E-state index in [0.29, 0.717) is 24.9 Å². The van der Waals surface area contributed by atoms with Gasteiger partial charge in [0.2, 0.25) is 23.6 Å². The van der Waals surface area contributed by atoms with Crippen LogP contribution in [-0.4, -0.2) is 69.3 Å². The van der Waals surface area contributed by atoms with Gasteiger partial charge in [-0.15, -0.1) is 0 Å². The molecule has 2 aliphatic heterocycles. The lowest BCUT2D eigenvalue weighted by atomic mass is 9.99. The molecule has 6 rings (SSSR count). The minimum Gasteiger partial charge on any atom is -0.508 e. The highest BCUT2D eigenvalue weighted by Crippen LogP contribution is 2.23. The van der Waals surface area contributed by atoms with E-state index in [1.54, 1.807) is 12.1 Å². The molecule has 10 nitrogen and oxygen atoms in total. The molecule has 0 unspecified atom stereocenters. The highest BCUT2D eigenvalue weighted by atomic mass is 16.3. The van der Waals surface area contributed by atoms with E-state index in [-0.39, 0.29) is 30.9 Å². The molecule has 4 amide bonds. The lowest BCUT2D eigenvalue weighted by molar-refractivity contribution is -0.143. The summed E-state index contributed by atoms with van der Waals surface area (Å²) in [4.78, 5) is 60.3. The number of hydrogen-bond donors (Lipinski definition) is 5. The lowest BCUT2D eigenvalue weighted by Gasteiger charge is -2.32. The number of nitrogens with one attached hydrogen (secondary N) is 4. The molecular weight excluding hydrogens is 558 g/mol. The number of rotatable bonds is 6. The van der Waals surface area contributed by atoms with Crippen LogP contribution in [0.4, 0.5) is 0 Å². The summed E-state index contributed by atoms with van der Waals surface area (Å²) in [6.45, 7) is 0.375. The predicted molar refractivity (Wildman–Crippen MR) is 164 cm³/mol. The van der Waals surface area contributed by atoms with Gasteiger partial charge in [0.25, 0.3) is 0 Å². The maximum atomic E-state index is 14.0. The van der Waals surface area contributed by atoms with Gasteiger partial charge in [-0.2, -0.15) is 0 Å². The Kier molecular flexibility index (Phi) is 8.31. The van der Waals surface area contributed by atoms with E-state index in [0.717, 1.165) is 22.0 Å². The van der Waals surface area contributed by atoms with Crippen LogP contribution >= 0.6 is 0 Å². The Morgan fingerprint density at radius 2 is 1.36 bits per heavy atom. The summed E-state index contributed by atoms with van der Waals surface area (Å²) < 4.78 is 0. The molecule has 2 aliphatic rings. The Balaban J connectivity index is 1.36. The number of hydrogen-bond acceptors (Lipinski definition) is 5.